The molecule has 17 heavy (non-hydrogen) atoms. The van der Waals surface area contributed by atoms with Crippen LogP contribution >= 0.6 is 0 Å². The van der Waals surface area contributed by atoms with E-state index in [1.807, 2.05) is 13.8 Å². The average molecular weight is 236 g/mol. The molecule has 0 unspecified atom stereocenters. The van der Waals surface area contributed by atoms with E-state index in [1.54, 1.807) is 12.3 Å². The zero-order chi connectivity index (χ0) is 12.8. The van der Waals surface area contributed by atoms with E-state index >= 15 is 0 Å². The van der Waals surface area contributed by atoms with E-state index in [-0.39, 0.29) is 11.7 Å². The number of nitrogens with zero attached hydrogens (tertiary/aromatic N) is 2. The van der Waals surface area contributed by atoms with E-state index in [2.05, 4.69) is 9.72 Å². The Labute approximate surface area is 99.7 Å². The van der Waals surface area contributed by atoms with Crippen LogP contribution in [0.15, 0.2) is 28.8 Å². The molecule has 0 radical (unpaired) electrons. The van der Waals surface area contributed by atoms with Crippen LogP contribution in [0.3, 0.4) is 0 Å². The maximum atomic E-state index is 11.4. The first kappa shape index (κ1) is 13.2. The third-order valence-electron chi connectivity index (χ3n) is 2.35. The topological polar surface area (TPSA) is 61.2 Å². The number of ether oxygens (including phenoxy) is 1. The van der Waals surface area contributed by atoms with Gasteiger partial charge in [-0.3, -0.25) is 4.57 Å². The number of methoxy groups -OCH3 is 1. The summed E-state index contributed by atoms with van der Waals surface area (Å²) in [5.41, 5.74) is 1.13. The SMILES string of the molecule is CCC(=CCn1cc(C)cnc1=O)C(=O)OC. The second-order valence-corrected chi connectivity index (χ2v) is 3.64. The van der Waals surface area contributed by atoms with Gasteiger partial charge in [-0.15, -0.1) is 0 Å². The second kappa shape index (κ2) is 5.98. The molecule has 0 aromatic carbocycles. The van der Waals surface area contributed by atoms with Crippen molar-refractivity contribution in [3.63, 3.8) is 0 Å². The summed E-state index contributed by atoms with van der Waals surface area (Å²) in [5.74, 6) is -0.360. The van der Waals surface area contributed by atoms with E-state index in [0.29, 0.717) is 18.5 Å². The first-order chi connectivity index (χ1) is 8.08. The standard InChI is InChI=1S/C12H16N2O3/c1-4-10(11(15)17-3)5-6-14-8-9(2)7-13-12(14)16/h5,7-8H,4,6H2,1-3H3. The van der Waals surface area contributed by atoms with Crippen LogP contribution in [0, 0.1) is 6.92 Å². The predicted molar refractivity (Wildman–Crippen MR) is 63.6 cm³/mol. The smallest absolute Gasteiger partial charge is 0.347 e. The lowest BCUT2D eigenvalue weighted by Gasteiger charge is -2.04. The van der Waals surface area contributed by atoms with Crippen LogP contribution in [-0.4, -0.2) is 22.6 Å². The van der Waals surface area contributed by atoms with Crippen molar-refractivity contribution < 1.29 is 9.53 Å². The predicted octanol–water partition coefficient (Wildman–Crippen LogP) is 1.06. The van der Waals surface area contributed by atoms with Gasteiger partial charge in [0.25, 0.3) is 0 Å². The Balaban J connectivity index is 2.91. The summed E-state index contributed by atoms with van der Waals surface area (Å²) in [5, 5.41) is 0. The van der Waals surface area contributed by atoms with Crippen molar-refractivity contribution in [1.29, 1.82) is 0 Å². The Morgan fingerprint density at radius 3 is 2.88 bits per heavy atom. The molecule has 0 bridgehead atoms. The Kier molecular flexibility index (Phi) is 4.63. The van der Waals surface area contributed by atoms with Crippen LogP contribution in [-0.2, 0) is 16.1 Å². The minimum atomic E-state index is -0.360. The molecule has 1 rings (SSSR count). The second-order valence-electron chi connectivity index (χ2n) is 3.64. The van der Waals surface area contributed by atoms with Crippen molar-refractivity contribution in [1.82, 2.24) is 9.55 Å². The lowest BCUT2D eigenvalue weighted by atomic mass is 10.2. The fourth-order valence-electron chi connectivity index (χ4n) is 1.41. The summed E-state index contributed by atoms with van der Waals surface area (Å²) in [4.78, 5) is 26.5. The van der Waals surface area contributed by atoms with Gasteiger partial charge in [0, 0.05) is 24.5 Å². The number of allylic oxidation sites excluding steroid dienone is 1. The summed E-state index contributed by atoms with van der Waals surface area (Å²) >= 11 is 0. The zero-order valence-corrected chi connectivity index (χ0v) is 10.3. The summed E-state index contributed by atoms with van der Waals surface area (Å²) in [6.45, 7) is 4.04. The van der Waals surface area contributed by atoms with Crippen LogP contribution in [0.4, 0.5) is 0 Å². The summed E-state index contributed by atoms with van der Waals surface area (Å²) in [6.07, 6.45) is 5.48. The molecule has 0 aliphatic rings. The molecule has 0 fully saturated rings. The molecule has 0 spiro atoms. The number of aromatic nitrogens is 2. The monoisotopic (exact) mass is 236 g/mol. The van der Waals surface area contributed by atoms with Gasteiger partial charge in [-0.05, 0) is 18.9 Å². The number of aryl methyl sites for hydroxylation is 1. The Morgan fingerprint density at radius 2 is 2.29 bits per heavy atom. The maximum absolute atomic E-state index is 11.4. The van der Waals surface area contributed by atoms with E-state index in [4.69, 9.17) is 0 Å². The number of esters is 1. The third kappa shape index (κ3) is 3.55. The molecule has 5 heteroatoms. The van der Waals surface area contributed by atoms with Crippen molar-refractivity contribution >= 4 is 5.97 Å². The molecule has 1 aromatic rings. The molecule has 5 nitrogen and oxygen atoms in total. The highest BCUT2D eigenvalue weighted by Gasteiger charge is 2.06. The van der Waals surface area contributed by atoms with Gasteiger partial charge in [0.2, 0.25) is 0 Å². The Bertz CT molecular complexity index is 489. The van der Waals surface area contributed by atoms with Crippen molar-refractivity contribution in [3.8, 4) is 0 Å². The zero-order valence-electron chi connectivity index (χ0n) is 10.3. The quantitative estimate of drug-likeness (QED) is 0.579. The van der Waals surface area contributed by atoms with Gasteiger partial charge < -0.3 is 4.74 Å². The summed E-state index contributed by atoms with van der Waals surface area (Å²) < 4.78 is 6.09. The van der Waals surface area contributed by atoms with Crippen LogP contribution < -0.4 is 5.69 Å². The molecular weight excluding hydrogens is 220 g/mol. The fraction of sp³-hybridized carbons (Fsp3) is 0.417. The number of carbonyl (C=O) groups excluding carboxylic acids is 1. The van der Waals surface area contributed by atoms with Gasteiger partial charge in [0.05, 0.1) is 7.11 Å². The maximum Gasteiger partial charge on any atom is 0.347 e. The fourth-order valence-corrected chi connectivity index (χ4v) is 1.41. The van der Waals surface area contributed by atoms with E-state index in [9.17, 15) is 9.59 Å². The van der Waals surface area contributed by atoms with Gasteiger partial charge >= 0.3 is 11.7 Å². The Hall–Kier alpha value is -1.91. The molecule has 0 amide bonds. The Morgan fingerprint density at radius 1 is 1.59 bits per heavy atom. The molecule has 92 valence electrons. The molecule has 0 saturated heterocycles. The van der Waals surface area contributed by atoms with Gasteiger partial charge in [0.15, 0.2) is 0 Å². The molecule has 0 N–H and O–H groups in total. The van der Waals surface area contributed by atoms with Crippen molar-refractivity contribution in [3.05, 3.63) is 40.1 Å². The van der Waals surface area contributed by atoms with Gasteiger partial charge in [-0.25, -0.2) is 14.6 Å². The third-order valence-corrected chi connectivity index (χ3v) is 2.35. The van der Waals surface area contributed by atoms with E-state index in [0.717, 1.165) is 5.56 Å². The normalized spacial score (nSPS) is 11.4. The average Bonchev–Trinajstić information content (AvgIpc) is 2.33. The summed E-state index contributed by atoms with van der Waals surface area (Å²) in [6, 6.07) is 0. The first-order valence-corrected chi connectivity index (χ1v) is 5.39. The van der Waals surface area contributed by atoms with Crippen LogP contribution in [0.5, 0.6) is 0 Å². The molecule has 1 aromatic heterocycles. The minimum absolute atomic E-state index is 0.325. The van der Waals surface area contributed by atoms with Gasteiger partial charge in [-0.2, -0.15) is 0 Å². The lowest BCUT2D eigenvalue weighted by Crippen LogP contribution is -2.22. The highest BCUT2D eigenvalue weighted by atomic mass is 16.5. The molecule has 0 saturated carbocycles. The molecule has 1 heterocycles. The first-order valence-electron chi connectivity index (χ1n) is 5.39. The number of rotatable bonds is 4. The summed E-state index contributed by atoms with van der Waals surface area (Å²) in [7, 11) is 1.34. The highest BCUT2D eigenvalue weighted by molar-refractivity contribution is 5.88. The van der Waals surface area contributed by atoms with Crippen molar-refractivity contribution in [2.24, 2.45) is 0 Å². The van der Waals surface area contributed by atoms with Crippen LogP contribution in [0.25, 0.3) is 0 Å². The highest BCUT2D eigenvalue weighted by Crippen LogP contribution is 2.03. The van der Waals surface area contributed by atoms with Crippen LogP contribution in [0.1, 0.15) is 18.9 Å². The van der Waals surface area contributed by atoms with Crippen LogP contribution in [0.2, 0.25) is 0 Å². The van der Waals surface area contributed by atoms with Crippen molar-refractivity contribution in [2.75, 3.05) is 7.11 Å². The molecular formula is C12H16N2O3. The molecule has 0 aliphatic carbocycles. The number of carbonyl (C=O) groups is 1. The largest absolute Gasteiger partial charge is 0.466 e. The number of hydrogen-bond donors (Lipinski definition) is 0. The van der Waals surface area contributed by atoms with E-state index in [1.165, 1.54) is 17.9 Å². The number of hydrogen-bond acceptors (Lipinski definition) is 4. The molecule has 0 atom stereocenters. The van der Waals surface area contributed by atoms with Gasteiger partial charge in [0.1, 0.15) is 0 Å². The minimum Gasteiger partial charge on any atom is -0.466 e. The van der Waals surface area contributed by atoms with E-state index < -0.39 is 0 Å². The van der Waals surface area contributed by atoms with Crippen molar-refractivity contribution in [2.45, 2.75) is 26.8 Å². The van der Waals surface area contributed by atoms with Gasteiger partial charge in [-0.1, -0.05) is 13.0 Å². The molecule has 0 aliphatic heterocycles. The lowest BCUT2D eigenvalue weighted by molar-refractivity contribution is -0.136.